The summed E-state index contributed by atoms with van der Waals surface area (Å²) in [4.78, 5) is 11.0. The molecule has 0 atom stereocenters. The molecular weight excluding hydrogens is 458 g/mol. The maximum atomic E-state index is 9.69. The number of methoxy groups -OCH3 is 2. The van der Waals surface area contributed by atoms with E-state index in [2.05, 4.69) is 26.3 Å². The molecule has 9 nitrogen and oxygen atoms in total. The second-order valence-electron chi connectivity index (χ2n) is 7.67. The first-order chi connectivity index (χ1) is 16.6. The van der Waals surface area contributed by atoms with E-state index in [4.69, 9.17) is 30.5 Å². The van der Waals surface area contributed by atoms with E-state index in [9.17, 15) is 5.26 Å². The first-order valence-electron chi connectivity index (χ1n) is 10.9. The van der Waals surface area contributed by atoms with Crippen LogP contribution in [0.5, 0.6) is 17.2 Å². The van der Waals surface area contributed by atoms with Gasteiger partial charge in [0.1, 0.15) is 11.8 Å². The maximum Gasteiger partial charge on any atom is 0.163 e. The largest absolute Gasteiger partial charge is 0.495 e. The van der Waals surface area contributed by atoms with Crippen LogP contribution in [0, 0.1) is 11.3 Å². The minimum Gasteiger partial charge on any atom is -0.495 e. The monoisotopic (exact) mass is 483 g/mol. The highest BCUT2D eigenvalue weighted by molar-refractivity contribution is 6.32. The Bertz CT molecular complexity index is 1190. The van der Waals surface area contributed by atoms with E-state index in [0.717, 1.165) is 39.3 Å². The topological polar surface area (TPSA) is 102 Å². The molecule has 3 aromatic rings. The Hall–Kier alpha value is -3.32. The number of halogens is 1. The third-order valence-electron chi connectivity index (χ3n) is 5.56. The average molecular weight is 484 g/mol. The van der Waals surface area contributed by atoms with Crippen LogP contribution in [-0.2, 0) is 4.74 Å². The van der Waals surface area contributed by atoms with Crippen molar-refractivity contribution in [3.63, 3.8) is 0 Å². The van der Waals surface area contributed by atoms with E-state index >= 15 is 0 Å². The maximum absolute atomic E-state index is 9.69. The number of pyridine rings is 2. The smallest absolute Gasteiger partial charge is 0.163 e. The fraction of sp³-hybridized carbons (Fsp3) is 0.375. The van der Waals surface area contributed by atoms with Crippen LogP contribution in [0.2, 0.25) is 5.15 Å². The molecule has 0 saturated carbocycles. The van der Waals surface area contributed by atoms with Gasteiger partial charge in [-0.15, -0.1) is 0 Å². The third kappa shape index (κ3) is 5.42. The lowest BCUT2D eigenvalue weighted by atomic mass is 10.1. The van der Waals surface area contributed by atoms with Gasteiger partial charge in [-0.2, -0.15) is 5.26 Å². The Labute approximate surface area is 203 Å². The zero-order valence-corrected chi connectivity index (χ0v) is 19.9. The lowest BCUT2D eigenvalue weighted by Gasteiger charge is -2.26. The Morgan fingerprint density at radius 2 is 1.94 bits per heavy atom. The summed E-state index contributed by atoms with van der Waals surface area (Å²) < 4.78 is 22.3. The zero-order chi connectivity index (χ0) is 23.9. The number of benzene rings is 1. The molecule has 1 aromatic carbocycles. The summed E-state index contributed by atoms with van der Waals surface area (Å²) >= 11 is 6.28. The number of morpholine rings is 1. The molecule has 0 spiro atoms. The molecule has 10 heteroatoms. The fourth-order valence-corrected chi connectivity index (χ4v) is 3.90. The van der Waals surface area contributed by atoms with Gasteiger partial charge in [-0.25, -0.2) is 4.98 Å². The second-order valence-corrected chi connectivity index (χ2v) is 8.03. The summed E-state index contributed by atoms with van der Waals surface area (Å²) in [5, 5.41) is 13.8. The standard InChI is InChI=1S/C24H26ClN5O4/c1-31-17-10-20(24(25)28-15-17)29-23-16(13-26)14-27-19-12-22(21(32-2)11-18(19)23)34-7-3-4-30-5-8-33-9-6-30/h10-12,14-15H,3-9H2,1-2H3,(H,27,29). The summed E-state index contributed by atoms with van der Waals surface area (Å²) in [7, 11) is 3.13. The van der Waals surface area contributed by atoms with Gasteiger partial charge in [-0.1, -0.05) is 11.6 Å². The highest BCUT2D eigenvalue weighted by Gasteiger charge is 2.16. The van der Waals surface area contributed by atoms with Gasteiger partial charge in [-0.05, 0) is 12.5 Å². The van der Waals surface area contributed by atoms with Gasteiger partial charge in [0.05, 0.1) is 62.7 Å². The fourth-order valence-electron chi connectivity index (χ4n) is 3.75. The lowest BCUT2D eigenvalue weighted by Crippen LogP contribution is -2.37. The quantitative estimate of drug-likeness (QED) is 0.357. The third-order valence-corrected chi connectivity index (χ3v) is 5.86. The van der Waals surface area contributed by atoms with E-state index < -0.39 is 0 Å². The summed E-state index contributed by atoms with van der Waals surface area (Å²) in [5.41, 5.74) is 2.05. The number of nitrogens with zero attached hydrogens (tertiary/aromatic N) is 4. The Morgan fingerprint density at radius 3 is 2.68 bits per heavy atom. The van der Waals surface area contributed by atoms with Crippen molar-refractivity contribution in [3.05, 3.63) is 41.3 Å². The minimum atomic E-state index is 0.252. The number of ether oxygens (including phenoxy) is 4. The highest BCUT2D eigenvalue weighted by Crippen LogP contribution is 2.38. The van der Waals surface area contributed by atoms with Gasteiger partial charge in [0.2, 0.25) is 0 Å². The second kappa shape index (κ2) is 11.2. The van der Waals surface area contributed by atoms with Crippen molar-refractivity contribution in [2.24, 2.45) is 0 Å². The summed E-state index contributed by atoms with van der Waals surface area (Å²) in [5.74, 6) is 1.68. The van der Waals surface area contributed by atoms with E-state index in [0.29, 0.717) is 51.7 Å². The van der Waals surface area contributed by atoms with Crippen LogP contribution in [0.3, 0.4) is 0 Å². The van der Waals surface area contributed by atoms with Crippen LogP contribution in [-0.4, -0.2) is 68.5 Å². The number of fused-ring (bicyclic) bond motifs is 1. The minimum absolute atomic E-state index is 0.252. The van der Waals surface area contributed by atoms with E-state index in [1.165, 1.54) is 12.4 Å². The molecule has 0 bridgehead atoms. The van der Waals surface area contributed by atoms with Crippen LogP contribution in [0.1, 0.15) is 12.0 Å². The summed E-state index contributed by atoms with van der Waals surface area (Å²) in [6.45, 7) is 4.96. The van der Waals surface area contributed by atoms with Gasteiger partial charge >= 0.3 is 0 Å². The Kier molecular flexibility index (Phi) is 7.85. The van der Waals surface area contributed by atoms with Gasteiger partial charge in [0, 0.05) is 43.4 Å². The number of aromatic nitrogens is 2. The van der Waals surface area contributed by atoms with Crippen LogP contribution in [0.4, 0.5) is 11.4 Å². The molecule has 2 aromatic heterocycles. The van der Waals surface area contributed by atoms with E-state index in [-0.39, 0.29) is 5.15 Å². The first-order valence-corrected chi connectivity index (χ1v) is 11.3. The Morgan fingerprint density at radius 1 is 1.12 bits per heavy atom. The predicted octanol–water partition coefficient (Wildman–Crippen LogP) is 4.02. The molecule has 1 aliphatic rings. The molecule has 0 aliphatic carbocycles. The molecule has 34 heavy (non-hydrogen) atoms. The van der Waals surface area contributed by atoms with Crippen molar-refractivity contribution < 1.29 is 18.9 Å². The van der Waals surface area contributed by atoms with Crippen molar-refractivity contribution >= 4 is 33.9 Å². The lowest BCUT2D eigenvalue weighted by molar-refractivity contribution is 0.0357. The molecular formula is C24H26ClN5O4. The van der Waals surface area contributed by atoms with Gasteiger partial charge in [0.25, 0.3) is 0 Å². The van der Waals surface area contributed by atoms with Crippen LogP contribution in [0.25, 0.3) is 10.9 Å². The molecule has 0 amide bonds. The SMILES string of the molecule is COc1cnc(Cl)c(Nc2c(C#N)cnc3cc(OCCCN4CCOCC4)c(OC)cc23)c1. The molecule has 0 unspecified atom stereocenters. The van der Waals surface area contributed by atoms with Crippen molar-refractivity contribution in [2.75, 3.05) is 59.0 Å². The van der Waals surface area contributed by atoms with Crippen molar-refractivity contribution in [3.8, 4) is 23.3 Å². The molecule has 4 rings (SSSR count). The van der Waals surface area contributed by atoms with Crippen LogP contribution >= 0.6 is 11.6 Å². The summed E-state index contributed by atoms with van der Waals surface area (Å²) in [6, 6.07) is 7.52. The molecule has 1 fully saturated rings. The van der Waals surface area contributed by atoms with Crippen molar-refractivity contribution in [2.45, 2.75) is 6.42 Å². The van der Waals surface area contributed by atoms with Gasteiger partial charge in [-0.3, -0.25) is 9.88 Å². The van der Waals surface area contributed by atoms with Crippen molar-refractivity contribution in [1.29, 1.82) is 5.26 Å². The predicted molar refractivity (Wildman–Crippen MR) is 129 cm³/mol. The average Bonchev–Trinajstić information content (AvgIpc) is 2.88. The number of hydrogen-bond acceptors (Lipinski definition) is 9. The number of nitrogens with one attached hydrogen (secondary N) is 1. The van der Waals surface area contributed by atoms with Gasteiger partial charge < -0.3 is 24.3 Å². The molecule has 1 N–H and O–H groups in total. The molecule has 1 aliphatic heterocycles. The highest BCUT2D eigenvalue weighted by atomic mass is 35.5. The van der Waals surface area contributed by atoms with Crippen molar-refractivity contribution in [1.82, 2.24) is 14.9 Å². The van der Waals surface area contributed by atoms with Gasteiger partial charge in [0.15, 0.2) is 16.7 Å². The van der Waals surface area contributed by atoms with Crippen LogP contribution in [0.15, 0.2) is 30.6 Å². The van der Waals surface area contributed by atoms with Crippen LogP contribution < -0.4 is 19.5 Å². The normalized spacial score (nSPS) is 13.9. The molecule has 0 radical (unpaired) electrons. The summed E-state index contributed by atoms with van der Waals surface area (Å²) in [6.07, 6.45) is 3.92. The molecule has 3 heterocycles. The van der Waals surface area contributed by atoms with E-state index in [1.807, 2.05) is 12.1 Å². The number of nitriles is 1. The number of anilines is 2. The number of rotatable bonds is 9. The molecule has 1 saturated heterocycles. The number of hydrogen-bond donors (Lipinski definition) is 1. The zero-order valence-electron chi connectivity index (χ0n) is 19.1. The Balaban J connectivity index is 1.59. The van der Waals surface area contributed by atoms with E-state index in [1.54, 1.807) is 20.3 Å². The first kappa shape index (κ1) is 23.8. The molecule has 178 valence electrons.